The van der Waals surface area contributed by atoms with E-state index in [9.17, 15) is 4.79 Å². The van der Waals surface area contributed by atoms with Crippen molar-refractivity contribution in [3.8, 4) is 0 Å². The number of carbonyl (C=O) groups excluding carboxylic acids is 1. The molecule has 0 aromatic carbocycles. The first-order chi connectivity index (χ1) is 13.8. The molecular weight excluding hydrogens is 376 g/mol. The van der Waals surface area contributed by atoms with Crippen LogP contribution >= 0.6 is 0 Å². The molecule has 10 nitrogen and oxygen atoms in total. The first-order valence-electron chi connectivity index (χ1n) is 9.41. The largest absolute Gasteiger partial charge is 0.467 e. The molecule has 28 heavy (non-hydrogen) atoms. The minimum absolute atomic E-state index is 0.0608. The lowest BCUT2D eigenvalue weighted by Crippen LogP contribution is -2.16. The lowest BCUT2D eigenvalue weighted by Gasteiger charge is -2.08. The molecule has 10 heteroatoms. The molecular formula is C18H36O10. The molecule has 0 amide bonds. The molecule has 168 valence electrons. The summed E-state index contributed by atoms with van der Waals surface area (Å²) in [6.45, 7) is 6.98. The van der Waals surface area contributed by atoms with Crippen LogP contribution in [0, 0.1) is 0 Å². The van der Waals surface area contributed by atoms with Crippen LogP contribution in [-0.2, 0) is 47.4 Å². The van der Waals surface area contributed by atoms with E-state index in [0.717, 1.165) is 0 Å². The average Bonchev–Trinajstić information content (AvgIpc) is 2.71. The van der Waals surface area contributed by atoms with Crippen molar-refractivity contribution in [3.63, 3.8) is 0 Å². The van der Waals surface area contributed by atoms with Crippen LogP contribution < -0.4 is 0 Å². The van der Waals surface area contributed by atoms with Gasteiger partial charge < -0.3 is 42.6 Å². The van der Waals surface area contributed by atoms with Gasteiger partial charge in [-0.1, -0.05) is 0 Å². The fourth-order valence-electron chi connectivity index (χ4n) is 1.68. The molecule has 0 fully saturated rings. The Labute approximate surface area is 167 Å². The van der Waals surface area contributed by atoms with E-state index >= 15 is 0 Å². The van der Waals surface area contributed by atoms with Gasteiger partial charge in [0.05, 0.1) is 99.6 Å². The lowest BCUT2D eigenvalue weighted by molar-refractivity contribution is -0.146. The van der Waals surface area contributed by atoms with E-state index in [4.69, 9.17) is 37.9 Å². The Morgan fingerprint density at radius 1 is 0.464 bits per heavy atom. The fraction of sp³-hybridized carbons (Fsp3) is 0.944. The van der Waals surface area contributed by atoms with Crippen LogP contribution in [0.5, 0.6) is 0 Å². The highest BCUT2D eigenvalue weighted by molar-refractivity contribution is 5.70. The molecule has 0 heterocycles. The van der Waals surface area contributed by atoms with Gasteiger partial charge in [-0.25, -0.2) is 4.79 Å². The Hall–Kier alpha value is -0.850. The third kappa shape index (κ3) is 23.2. The van der Waals surface area contributed by atoms with Gasteiger partial charge in [-0.05, 0) is 0 Å². The fourth-order valence-corrected chi connectivity index (χ4v) is 1.68. The van der Waals surface area contributed by atoms with Gasteiger partial charge in [0.2, 0.25) is 0 Å². The van der Waals surface area contributed by atoms with Crippen LogP contribution in [0.25, 0.3) is 0 Å². The number of hydrogen-bond donors (Lipinski definition) is 0. The molecule has 0 bridgehead atoms. The predicted molar refractivity (Wildman–Crippen MR) is 99.6 cm³/mol. The Morgan fingerprint density at radius 3 is 1.04 bits per heavy atom. The summed E-state index contributed by atoms with van der Waals surface area (Å²) < 4.78 is 46.4. The Kier molecular flexibility index (Phi) is 23.5. The van der Waals surface area contributed by atoms with Gasteiger partial charge in [-0.15, -0.1) is 0 Å². The smallest absolute Gasteiger partial charge is 0.331 e. The maximum absolute atomic E-state index is 10.8. The summed E-state index contributed by atoms with van der Waals surface area (Å²) >= 11 is 0. The molecule has 0 saturated carbocycles. The normalized spacial score (nSPS) is 11.1. The minimum Gasteiger partial charge on any atom is -0.467 e. The zero-order chi connectivity index (χ0) is 20.5. The molecule has 0 unspecified atom stereocenters. The van der Waals surface area contributed by atoms with Gasteiger partial charge >= 0.3 is 5.97 Å². The van der Waals surface area contributed by atoms with Crippen molar-refractivity contribution >= 4 is 5.97 Å². The summed E-state index contributed by atoms with van der Waals surface area (Å²) in [6.07, 6.45) is 0. The van der Waals surface area contributed by atoms with E-state index in [2.05, 4.69) is 4.74 Å². The number of rotatable bonds is 23. The molecule has 0 aliphatic rings. The molecule has 0 radical (unpaired) electrons. The highest BCUT2D eigenvalue weighted by Crippen LogP contribution is 1.85. The van der Waals surface area contributed by atoms with Crippen molar-refractivity contribution in [1.82, 2.24) is 0 Å². The quantitative estimate of drug-likeness (QED) is 0.167. The van der Waals surface area contributed by atoms with E-state index < -0.39 is 5.97 Å². The summed E-state index contributed by atoms with van der Waals surface area (Å²) in [5, 5.41) is 0. The molecule has 0 saturated heterocycles. The minimum atomic E-state index is -0.401. The molecule has 0 aromatic heterocycles. The predicted octanol–water partition coefficient (Wildman–Crippen LogP) is -0.0780. The van der Waals surface area contributed by atoms with Gasteiger partial charge in [0.25, 0.3) is 0 Å². The molecule has 0 atom stereocenters. The molecule has 0 aliphatic carbocycles. The van der Waals surface area contributed by atoms with Gasteiger partial charge in [0.1, 0.15) is 6.61 Å². The Bertz CT molecular complexity index is 317. The van der Waals surface area contributed by atoms with Gasteiger partial charge in [0.15, 0.2) is 0 Å². The van der Waals surface area contributed by atoms with Crippen LogP contribution in [-0.4, -0.2) is 119 Å². The second-order valence-electron chi connectivity index (χ2n) is 5.30. The highest BCUT2D eigenvalue weighted by atomic mass is 16.6. The summed E-state index contributed by atoms with van der Waals surface area (Å²) in [5.74, 6) is -0.401. The van der Waals surface area contributed by atoms with E-state index in [-0.39, 0.29) is 6.61 Å². The Balaban J connectivity index is 3.00. The first kappa shape index (κ1) is 27.1. The molecule has 0 rings (SSSR count). The molecule has 0 aliphatic heterocycles. The van der Waals surface area contributed by atoms with Crippen molar-refractivity contribution in [2.75, 3.05) is 113 Å². The van der Waals surface area contributed by atoms with Crippen LogP contribution in [0.4, 0.5) is 0 Å². The van der Waals surface area contributed by atoms with E-state index in [1.54, 1.807) is 7.11 Å². The van der Waals surface area contributed by atoms with E-state index in [0.29, 0.717) is 92.5 Å². The second kappa shape index (κ2) is 24.2. The van der Waals surface area contributed by atoms with Crippen molar-refractivity contribution in [1.29, 1.82) is 0 Å². The summed E-state index contributed by atoms with van der Waals surface area (Å²) in [7, 11) is 2.96. The zero-order valence-electron chi connectivity index (χ0n) is 17.2. The summed E-state index contributed by atoms with van der Waals surface area (Å²) in [4.78, 5) is 10.8. The molecule has 0 N–H and O–H groups in total. The van der Waals surface area contributed by atoms with Crippen molar-refractivity contribution in [2.45, 2.75) is 0 Å². The Morgan fingerprint density at radius 2 is 0.750 bits per heavy atom. The number of esters is 1. The van der Waals surface area contributed by atoms with E-state index in [1.807, 2.05) is 0 Å². The van der Waals surface area contributed by atoms with E-state index in [1.165, 1.54) is 7.11 Å². The van der Waals surface area contributed by atoms with Crippen LogP contribution in [0.15, 0.2) is 0 Å². The average molecular weight is 412 g/mol. The van der Waals surface area contributed by atoms with Crippen molar-refractivity contribution in [2.24, 2.45) is 0 Å². The van der Waals surface area contributed by atoms with Crippen molar-refractivity contribution < 1.29 is 47.4 Å². The monoisotopic (exact) mass is 412 g/mol. The standard InChI is InChI=1S/C18H36O10/c1-20-3-4-22-5-6-23-7-8-24-9-10-25-11-12-26-13-14-27-15-16-28-17-18(19)21-2/h3-17H2,1-2H3. The van der Waals surface area contributed by atoms with Crippen LogP contribution in [0.1, 0.15) is 0 Å². The van der Waals surface area contributed by atoms with Gasteiger partial charge in [-0.2, -0.15) is 0 Å². The van der Waals surface area contributed by atoms with Gasteiger partial charge in [-0.3, -0.25) is 0 Å². The van der Waals surface area contributed by atoms with Gasteiger partial charge in [0, 0.05) is 7.11 Å². The zero-order valence-corrected chi connectivity index (χ0v) is 17.2. The van der Waals surface area contributed by atoms with Crippen LogP contribution in [0.3, 0.4) is 0 Å². The highest BCUT2D eigenvalue weighted by Gasteiger charge is 1.99. The molecule has 0 spiro atoms. The number of hydrogen-bond acceptors (Lipinski definition) is 10. The van der Waals surface area contributed by atoms with Crippen molar-refractivity contribution in [3.05, 3.63) is 0 Å². The van der Waals surface area contributed by atoms with Crippen LogP contribution in [0.2, 0.25) is 0 Å². The second-order valence-corrected chi connectivity index (χ2v) is 5.30. The summed E-state index contributed by atoms with van der Waals surface area (Å²) in [6, 6.07) is 0. The third-order valence-corrected chi connectivity index (χ3v) is 3.11. The third-order valence-electron chi connectivity index (χ3n) is 3.11. The maximum Gasteiger partial charge on any atom is 0.331 e. The first-order valence-corrected chi connectivity index (χ1v) is 9.41. The SMILES string of the molecule is COCCOCCOCCOCCOCCOCCOCCOCC(=O)OC. The lowest BCUT2D eigenvalue weighted by atomic mass is 10.6. The maximum atomic E-state index is 10.8. The molecule has 0 aromatic rings. The summed E-state index contributed by atoms with van der Waals surface area (Å²) in [5.41, 5.74) is 0. The number of ether oxygens (including phenoxy) is 9. The topological polar surface area (TPSA) is 100 Å². The number of methoxy groups -OCH3 is 2. The number of carbonyl (C=O) groups is 1.